The van der Waals surface area contributed by atoms with E-state index in [-0.39, 0.29) is 24.1 Å². The van der Waals surface area contributed by atoms with Gasteiger partial charge in [0, 0.05) is 24.6 Å². The summed E-state index contributed by atoms with van der Waals surface area (Å²) in [6, 6.07) is 7.41. The minimum atomic E-state index is -4.19. The summed E-state index contributed by atoms with van der Waals surface area (Å²) >= 11 is 5.69. The van der Waals surface area contributed by atoms with Gasteiger partial charge >= 0.3 is 5.51 Å². The second kappa shape index (κ2) is 6.05. The summed E-state index contributed by atoms with van der Waals surface area (Å²) in [5.41, 5.74) is -2.55. The summed E-state index contributed by atoms with van der Waals surface area (Å²) in [5.74, 6) is 1.11. The molecule has 19 heavy (non-hydrogen) atoms. The Morgan fingerprint density at radius 1 is 1.26 bits per heavy atom. The third kappa shape index (κ3) is 3.79. The monoisotopic (exact) mass is 308 g/mol. The number of hydrogen-bond acceptors (Lipinski definition) is 2. The number of halogens is 4. The molecular formula is C12H12ClF3N2S. The normalized spacial score (nSPS) is 12.2. The zero-order valence-corrected chi connectivity index (χ0v) is 11.5. The van der Waals surface area contributed by atoms with Gasteiger partial charge in [-0.15, -0.1) is 11.6 Å². The molecule has 2 aromatic rings. The number of rotatable bonds is 5. The largest absolute Gasteiger partial charge is 0.441 e. The van der Waals surface area contributed by atoms with E-state index in [2.05, 4.69) is 4.98 Å². The Balaban J connectivity index is 2.21. The van der Waals surface area contributed by atoms with Crippen molar-refractivity contribution in [2.75, 3.05) is 11.6 Å². The maximum absolute atomic E-state index is 12.2. The minimum Gasteiger partial charge on any atom is -0.327 e. The SMILES string of the molecule is FC(F)(F)SCCn1c(CCCl)nc2ccccc21. The number of para-hydroxylation sites is 2. The number of aromatic nitrogens is 2. The van der Waals surface area contributed by atoms with Gasteiger partial charge in [-0.1, -0.05) is 12.1 Å². The molecule has 1 aromatic heterocycles. The lowest BCUT2D eigenvalue weighted by Gasteiger charge is -2.09. The highest BCUT2D eigenvalue weighted by Gasteiger charge is 2.27. The van der Waals surface area contributed by atoms with Gasteiger partial charge in [0.2, 0.25) is 0 Å². The zero-order valence-electron chi connectivity index (χ0n) is 9.95. The van der Waals surface area contributed by atoms with E-state index in [1.807, 2.05) is 28.8 Å². The predicted octanol–water partition coefficient (Wildman–Crippen LogP) is 4.07. The fraction of sp³-hybridized carbons (Fsp3) is 0.417. The first-order chi connectivity index (χ1) is 9.01. The Hall–Kier alpha value is -0.880. The van der Waals surface area contributed by atoms with Crippen molar-refractivity contribution in [3.05, 3.63) is 30.1 Å². The van der Waals surface area contributed by atoms with E-state index in [0.717, 1.165) is 16.9 Å². The number of benzene rings is 1. The second-order valence-corrected chi connectivity index (χ2v) is 5.44. The highest BCUT2D eigenvalue weighted by Crippen LogP contribution is 2.30. The first-order valence-electron chi connectivity index (χ1n) is 5.72. The second-order valence-electron chi connectivity index (χ2n) is 3.90. The molecule has 0 aliphatic heterocycles. The maximum atomic E-state index is 12.2. The van der Waals surface area contributed by atoms with Gasteiger partial charge in [-0.05, 0) is 23.9 Å². The molecule has 2 rings (SSSR count). The number of fused-ring (bicyclic) bond motifs is 1. The van der Waals surface area contributed by atoms with Crippen molar-refractivity contribution in [1.29, 1.82) is 0 Å². The van der Waals surface area contributed by atoms with E-state index in [1.54, 1.807) is 0 Å². The Morgan fingerprint density at radius 3 is 2.68 bits per heavy atom. The zero-order chi connectivity index (χ0) is 13.9. The van der Waals surface area contributed by atoms with Crippen molar-refractivity contribution < 1.29 is 13.2 Å². The number of alkyl halides is 4. The molecule has 2 nitrogen and oxygen atoms in total. The summed E-state index contributed by atoms with van der Waals surface area (Å²) in [6.07, 6.45) is 0.549. The molecule has 0 unspecified atom stereocenters. The lowest BCUT2D eigenvalue weighted by molar-refractivity contribution is -0.0328. The lowest BCUT2D eigenvalue weighted by atomic mass is 10.3. The molecule has 1 aromatic carbocycles. The molecule has 0 saturated carbocycles. The van der Waals surface area contributed by atoms with Crippen LogP contribution in [0, 0.1) is 0 Å². The van der Waals surface area contributed by atoms with Crippen molar-refractivity contribution in [3.63, 3.8) is 0 Å². The van der Waals surface area contributed by atoms with Crippen LogP contribution in [0.4, 0.5) is 13.2 Å². The Morgan fingerprint density at radius 2 is 2.00 bits per heavy atom. The van der Waals surface area contributed by atoms with Crippen molar-refractivity contribution in [2.24, 2.45) is 0 Å². The highest BCUT2D eigenvalue weighted by atomic mass is 35.5. The first kappa shape index (κ1) is 14.5. The van der Waals surface area contributed by atoms with Crippen molar-refractivity contribution in [1.82, 2.24) is 9.55 Å². The van der Waals surface area contributed by atoms with Crippen molar-refractivity contribution in [3.8, 4) is 0 Å². The average Bonchev–Trinajstić information content (AvgIpc) is 2.67. The highest BCUT2D eigenvalue weighted by molar-refractivity contribution is 8.00. The predicted molar refractivity (Wildman–Crippen MR) is 72.7 cm³/mol. The van der Waals surface area contributed by atoms with Crippen LogP contribution in [-0.4, -0.2) is 26.7 Å². The van der Waals surface area contributed by atoms with E-state index in [4.69, 9.17) is 11.6 Å². The van der Waals surface area contributed by atoms with Gasteiger partial charge in [0.15, 0.2) is 0 Å². The first-order valence-corrected chi connectivity index (χ1v) is 7.24. The third-order valence-corrected chi connectivity index (χ3v) is 3.54. The molecule has 0 bridgehead atoms. The standard InChI is InChI=1S/C12H12ClF3N2S/c13-6-5-11-17-9-3-1-2-4-10(9)18(11)7-8-19-12(14,15)16/h1-4H,5-8H2. The maximum Gasteiger partial charge on any atom is 0.441 e. The summed E-state index contributed by atoms with van der Waals surface area (Å²) in [6.45, 7) is 0.275. The van der Waals surface area contributed by atoms with Crippen molar-refractivity contribution in [2.45, 2.75) is 18.5 Å². The number of hydrogen-bond donors (Lipinski definition) is 0. The topological polar surface area (TPSA) is 17.8 Å². The van der Waals surface area contributed by atoms with Crippen LogP contribution in [-0.2, 0) is 13.0 Å². The fourth-order valence-corrected chi connectivity index (χ4v) is 2.58. The van der Waals surface area contributed by atoms with Gasteiger partial charge in [0.05, 0.1) is 11.0 Å². The van der Waals surface area contributed by atoms with Gasteiger partial charge in [-0.2, -0.15) is 13.2 Å². The summed E-state index contributed by atoms with van der Waals surface area (Å²) in [7, 11) is 0. The smallest absolute Gasteiger partial charge is 0.327 e. The average molecular weight is 309 g/mol. The van der Waals surface area contributed by atoms with Crippen LogP contribution in [0.25, 0.3) is 11.0 Å². The van der Waals surface area contributed by atoms with Crippen LogP contribution in [0.1, 0.15) is 5.82 Å². The number of nitrogens with zero attached hydrogens (tertiary/aromatic N) is 2. The van der Waals surface area contributed by atoms with E-state index in [1.165, 1.54) is 0 Å². The number of aryl methyl sites for hydroxylation is 2. The fourth-order valence-electron chi connectivity index (χ4n) is 1.90. The van der Waals surface area contributed by atoms with Gasteiger partial charge in [0.1, 0.15) is 5.82 Å². The molecule has 104 valence electrons. The van der Waals surface area contributed by atoms with Crippen LogP contribution in [0.2, 0.25) is 0 Å². The molecule has 0 aliphatic carbocycles. The van der Waals surface area contributed by atoms with Gasteiger partial charge < -0.3 is 4.57 Å². The van der Waals surface area contributed by atoms with Crippen LogP contribution >= 0.6 is 23.4 Å². The lowest BCUT2D eigenvalue weighted by Crippen LogP contribution is -2.10. The van der Waals surface area contributed by atoms with E-state index in [0.29, 0.717) is 12.3 Å². The molecule has 0 radical (unpaired) electrons. The molecule has 0 saturated heterocycles. The van der Waals surface area contributed by atoms with Crippen LogP contribution in [0.5, 0.6) is 0 Å². The third-order valence-electron chi connectivity index (χ3n) is 2.63. The molecule has 0 atom stereocenters. The molecule has 0 spiro atoms. The minimum absolute atomic E-state index is 0.0144. The molecule has 0 N–H and O–H groups in total. The number of thioether (sulfide) groups is 1. The Kier molecular flexibility index (Phi) is 4.62. The summed E-state index contributed by atoms with van der Waals surface area (Å²) < 4.78 is 38.3. The van der Waals surface area contributed by atoms with E-state index in [9.17, 15) is 13.2 Å². The van der Waals surface area contributed by atoms with Crippen LogP contribution in [0.15, 0.2) is 24.3 Å². The molecule has 0 amide bonds. The molecule has 0 fully saturated rings. The van der Waals surface area contributed by atoms with E-state index < -0.39 is 5.51 Å². The summed E-state index contributed by atoms with van der Waals surface area (Å²) in [5, 5.41) is 0. The van der Waals surface area contributed by atoms with Crippen molar-refractivity contribution >= 4 is 34.4 Å². The number of imidazole rings is 1. The molecule has 7 heteroatoms. The van der Waals surface area contributed by atoms with Gasteiger partial charge in [-0.25, -0.2) is 4.98 Å². The Labute approximate surface area is 117 Å². The molecule has 1 heterocycles. The van der Waals surface area contributed by atoms with Crippen LogP contribution in [0.3, 0.4) is 0 Å². The van der Waals surface area contributed by atoms with Gasteiger partial charge in [-0.3, -0.25) is 0 Å². The quantitative estimate of drug-likeness (QED) is 0.775. The van der Waals surface area contributed by atoms with Crippen LogP contribution < -0.4 is 0 Å². The molecular weight excluding hydrogens is 297 g/mol. The van der Waals surface area contributed by atoms with E-state index >= 15 is 0 Å². The summed E-state index contributed by atoms with van der Waals surface area (Å²) in [4.78, 5) is 4.41. The Bertz CT molecular complexity index is 553. The molecule has 0 aliphatic rings. The van der Waals surface area contributed by atoms with Gasteiger partial charge in [0.25, 0.3) is 0 Å².